The van der Waals surface area contributed by atoms with E-state index >= 15 is 0 Å². The van der Waals surface area contributed by atoms with Gasteiger partial charge in [-0.1, -0.05) is 6.07 Å². The van der Waals surface area contributed by atoms with Gasteiger partial charge in [0.25, 0.3) is 0 Å². The fraction of sp³-hybridized carbons (Fsp3) is 0.625. The monoisotopic (exact) mass is 288 g/mol. The maximum absolute atomic E-state index is 12.7. The predicted molar refractivity (Wildman–Crippen MR) is 83.3 cm³/mol. The summed E-state index contributed by atoms with van der Waals surface area (Å²) < 4.78 is 0. The van der Waals surface area contributed by atoms with Crippen LogP contribution in [0.1, 0.15) is 12.8 Å². The standard InChI is InChI=1S/C16H24N4O/c1-18-9-11-19(12-10-18)16(21)14-5-4-8-20(13-14)15-6-2-3-7-17-15/h2-3,6-7,14H,4-5,8-13H2,1H3/t14-/m0/s1. The molecule has 2 saturated heterocycles. The van der Waals surface area contributed by atoms with Crippen molar-refractivity contribution in [2.24, 2.45) is 5.92 Å². The maximum atomic E-state index is 12.7. The van der Waals surface area contributed by atoms with E-state index in [1.165, 1.54) is 0 Å². The normalized spacial score (nSPS) is 24.1. The summed E-state index contributed by atoms with van der Waals surface area (Å²) in [6.07, 6.45) is 3.90. The number of amides is 1. The first kappa shape index (κ1) is 14.3. The van der Waals surface area contributed by atoms with E-state index in [-0.39, 0.29) is 5.92 Å². The van der Waals surface area contributed by atoms with Crippen molar-refractivity contribution in [2.45, 2.75) is 12.8 Å². The Morgan fingerprint density at radius 3 is 2.71 bits per heavy atom. The summed E-state index contributed by atoms with van der Waals surface area (Å²) in [4.78, 5) is 23.7. The van der Waals surface area contributed by atoms with Gasteiger partial charge in [-0.3, -0.25) is 4.79 Å². The molecule has 5 nitrogen and oxygen atoms in total. The van der Waals surface area contributed by atoms with Crippen LogP contribution in [0.3, 0.4) is 0 Å². The number of nitrogens with zero attached hydrogens (tertiary/aromatic N) is 4. The number of pyridine rings is 1. The van der Waals surface area contributed by atoms with Crippen molar-refractivity contribution in [1.29, 1.82) is 0 Å². The Balaban J connectivity index is 1.62. The lowest BCUT2D eigenvalue weighted by Gasteiger charge is -2.38. The van der Waals surface area contributed by atoms with E-state index in [9.17, 15) is 4.79 Å². The second-order valence-corrected chi connectivity index (χ2v) is 6.10. The largest absolute Gasteiger partial charge is 0.356 e. The van der Waals surface area contributed by atoms with Crippen LogP contribution in [-0.4, -0.2) is 67.0 Å². The third kappa shape index (κ3) is 3.35. The van der Waals surface area contributed by atoms with Gasteiger partial charge >= 0.3 is 0 Å². The number of carbonyl (C=O) groups excluding carboxylic acids is 1. The average molecular weight is 288 g/mol. The van der Waals surface area contributed by atoms with Crippen LogP contribution in [0.15, 0.2) is 24.4 Å². The van der Waals surface area contributed by atoms with Gasteiger partial charge in [-0.15, -0.1) is 0 Å². The minimum absolute atomic E-state index is 0.129. The topological polar surface area (TPSA) is 39.7 Å². The Kier molecular flexibility index (Phi) is 4.39. The zero-order valence-corrected chi connectivity index (χ0v) is 12.7. The number of piperazine rings is 1. The molecule has 3 heterocycles. The molecule has 2 fully saturated rings. The van der Waals surface area contributed by atoms with Crippen molar-refractivity contribution in [2.75, 3.05) is 51.2 Å². The van der Waals surface area contributed by atoms with Crippen LogP contribution in [0.25, 0.3) is 0 Å². The molecule has 0 aliphatic carbocycles. The maximum Gasteiger partial charge on any atom is 0.227 e. The van der Waals surface area contributed by atoms with Crippen LogP contribution in [0.2, 0.25) is 0 Å². The predicted octanol–water partition coefficient (Wildman–Crippen LogP) is 1.07. The number of carbonyl (C=O) groups is 1. The molecule has 5 heteroatoms. The quantitative estimate of drug-likeness (QED) is 0.816. The number of hydrogen-bond donors (Lipinski definition) is 0. The Morgan fingerprint density at radius 1 is 1.19 bits per heavy atom. The Morgan fingerprint density at radius 2 is 2.00 bits per heavy atom. The van der Waals surface area contributed by atoms with E-state index < -0.39 is 0 Å². The highest BCUT2D eigenvalue weighted by atomic mass is 16.2. The fourth-order valence-electron chi connectivity index (χ4n) is 3.21. The molecule has 1 atom stereocenters. The van der Waals surface area contributed by atoms with Gasteiger partial charge < -0.3 is 14.7 Å². The average Bonchev–Trinajstić information content (AvgIpc) is 2.56. The molecule has 1 aromatic rings. The van der Waals surface area contributed by atoms with Crippen molar-refractivity contribution in [3.05, 3.63) is 24.4 Å². The molecule has 1 amide bonds. The lowest BCUT2D eigenvalue weighted by atomic mass is 9.96. The van der Waals surface area contributed by atoms with Crippen LogP contribution in [-0.2, 0) is 4.79 Å². The zero-order chi connectivity index (χ0) is 14.7. The molecule has 1 aromatic heterocycles. The van der Waals surface area contributed by atoms with Crippen molar-refractivity contribution in [1.82, 2.24) is 14.8 Å². The summed E-state index contributed by atoms with van der Waals surface area (Å²) in [5.74, 6) is 1.46. The summed E-state index contributed by atoms with van der Waals surface area (Å²) in [7, 11) is 2.12. The minimum Gasteiger partial charge on any atom is -0.356 e. The smallest absolute Gasteiger partial charge is 0.227 e. The molecular weight excluding hydrogens is 264 g/mol. The van der Waals surface area contributed by atoms with Gasteiger partial charge in [0.2, 0.25) is 5.91 Å². The van der Waals surface area contributed by atoms with E-state index in [0.29, 0.717) is 5.91 Å². The molecule has 114 valence electrons. The molecule has 0 aromatic carbocycles. The lowest BCUT2D eigenvalue weighted by Crippen LogP contribution is -2.51. The first-order valence-electron chi connectivity index (χ1n) is 7.87. The number of aromatic nitrogens is 1. The number of rotatable bonds is 2. The van der Waals surface area contributed by atoms with E-state index in [4.69, 9.17) is 0 Å². The second kappa shape index (κ2) is 6.43. The van der Waals surface area contributed by atoms with Crippen LogP contribution >= 0.6 is 0 Å². The van der Waals surface area contributed by atoms with Crippen LogP contribution in [0.5, 0.6) is 0 Å². The van der Waals surface area contributed by atoms with E-state index in [1.807, 2.05) is 29.3 Å². The summed E-state index contributed by atoms with van der Waals surface area (Å²) >= 11 is 0. The van der Waals surface area contributed by atoms with Gasteiger partial charge in [0.1, 0.15) is 5.82 Å². The van der Waals surface area contributed by atoms with Crippen molar-refractivity contribution >= 4 is 11.7 Å². The molecule has 21 heavy (non-hydrogen) atoms. The molecule has 0 spiro atoms. The van der Waals surface area contributed by atoms with Crippen molar-refractivity contribution in [3.8, 4) is 0 Å². The van der Waals surface area contributed by atoms with Gasteiger partial charge in [-0.25, -0.2) is 4.98 Å². The number of piperidine rings is 1. The molecule has 0 N–H and O–H groups in total. The van der Waals surface area contributed by atoms with Gasteiger partial charge in [-0.05, 0) is 32.0 Å². The first-order valence-corrected chi connectivity index (χ1v) is 7.87. The highest BCUT2D eigenvalue weighted by Crippen LogP contribution is 2.23. The highest BCUT2D eigenvalue weighted by Gasteiger charge is 2.30. The van der Waals surface area contributed by atoms with Gasteiger partial charge in [0.05, 0.1) is 5.92 Å². The Hall–Kier alpha value is -1.62. The number of anilines is 1. The van der Waals surface area contributed by atoms with Crippen molar-refractivity contribution < 1.29 is 4.79 Å². The molecule has 3 rings (SSSR count). The molecule has 2 aliphatic rings. The minimum atomic E-state index is 0.129. The molecule has 0 saturated carbocycles. The zero-order valence-electron chi connectivity index (χ0n) is 12.7. The number of likely N-dealkylation sites (N-methyl/N-ethyl adjacent to an activating group) is 1. The lowest BCUT2D eigenvalue weighted by molar-refractivity contribution is -0.137. The second-order valence-electron chi connectivity index (χ2n) is 6.10. The van der Waals surface area contributed by atoms with Gasteiger partial charge in [0, 0.05) is 45.5 Å². The molecule has 2 aliphatic heterocycles. The number of hydrogen-bond acceptors (Lipinski definition) is 4. The summed E-state index contributed by atoms with van der Waals surface area (Å²) in [6.45, 7) is 5.53. The summed E-state index contributed by atoms with van der Waals surface area (Å²) in [6, 6.07) is 5.97. The molecule has 0 bridgehead atoms. The highest BCUT2D eigenvalue weighted by molar-refractivity contribution is 5.79. The van der Waals surface area contributed by atoms with Crippen LogP contribution in [0, 0.1) is 5.92 Å². The van der Waals surface area contributed by atoms with Gasteiger partial charge in [-0.2, -0.15) is 0 Å². The molecule has 0 unspecified atom stereocenters. The molecular formula is C16H24N4O. The van der Waals surface area contributed by atoms with Crippen molar-refractivity contribution in [3.63, 3.8) is 0 Å². The third-order valence-electron chi connectivity index (χ3n) is 4.56. The SMILES string of the molecule is CN1CCN(C(=O)[C@H]2CCCN(c3ccccn3)C2)CC1. The third-order valence-corrected chi connectivity index (χ3v) is 4.56. The van der Waals surface area contributed by atoms with E-state index in [1.54, 1.807) is 0 Å². The Bertz CT molecular complexity index is 470. The molecule has 0 radical (unpaired) electrons. The van der Waals surface area contributed by atoms with Crippen LogP contribution < -0.4 is 4.90 Å². The summed E-state index contributed by atoms with van der Waals surface area (Å²) in [5.41, 5.74) is 0. The summed E-state index contributed by atoms with van der Waals surface area (Å²) in [5, 5.41) is 0. The Labute approximate surface area is 126 Å². The fourth-order valence-corrected chi connectivity index (χ4v) is 3.21. The van der Waals surface area contributed by atoms with E-state index in [0.717, 1.165) is 57.9 Å². The van der Waals surface area contributed by atoms with E-state index in [2.05, 4.69) is 21.8 Å². The van der Waals surface area contributed by atoms with Gasteiger partial charge in [0.15, 0.2) is 0 Å². The first-order chi connectivity index (χ1) is 10.2. The van der Waals surface area contributed by atoms with Crippen LogP contribution in [0.4, 0.5) is 5.82 Å².